The van der Waals surface area contributed by atoms with Crippen LogP contribution < -0.4 is 5.32 Å². The lowest BCUT2D eigenvalue weighted by atomic mass is 9.99. The van der Waals surface area contributed by atoms with Crippen LogP contribution >= 0.6 is 15.9 Å². The molecule has 0 saturated carbocycles. The molecule has 0 bridgehead atoms. The van der Waals surface area contributed by atoms with Crippen LogP contribution in [0.1, 0.15) is 18.1 Å². The molecule has 0 aromatic heterocycles. The molecule has 0 aliphatic heterocycles. The average molecular weight is 336 g/mol. The van der Waals surface area contributed by atoms with Crippen LogP contribution in [0.5, 0.6) is 0 Å². The molecule has 0 aliphatic carbocycles. The minimum atomic E-state index is -0.190. The van der Waals surface area contributed by atoms with E-state index < -0.39 is 0 Å². The summed E-state index contributed by atoms with van der Waals surface area (Å²) < 4.78 is 14.2. The van der Waals surface area contributed by atoms with Crippen molar-refractivity contribution in [3.63, 3.8) is 0 Å². The summed E-state index contributed by atoms with van der Waals surface area (Å²) in [6, 6.07) is 15.8. The van der Waals surface area contributed by atoms with Gasteiger partial charge in [-0.2, -0.15) is 0 Å². The molecule has 0 fully saturated rings. The number of hydrogen-bond donors (Lipinski definition) is 1. The fraction of sp³-hybridized carbons (Fsp3) is 0.294. The lowest BCUT2D eigenvalue weighted by Gasteiger charge is -2.18. The van der Waals surface area contributed by atoms with Gasteiger partial charge in [0.25, 0.3) is 0 Å². The molecule has 2 rings (SSSR count). The summed E-state index contributed by atoms with van der Waals surface area (Å²) in [6.45, 7) is 3.01. The molecule has 0 saturated heterocycles. The first-order valence-corrected chi connectivity index (χ1v) is 7.69. The third-order valence-corrected chi connectivity index (χ3v) is 3.68. The zero-order valence-corrected chi connectivity index (χ0v) is 13.2. The van der Waals surface area contributed by atoms with E-state index in [0.717, 1.165) is 29.4 Å². The van der Waals surface area contributed by atoms with E-state index in [4.69, 9.17) is 0 Å². The Balaban J connectivity index is 2.08. The third-order valence-electron chi connectivity index (χ3n) is 3.22. The highest BCUT2D eigenvalue weighted by atomic mass is 79.9. The largest absolute Gasteiger partial charge is 0.314 e. The van der Waals surface area contributed by atoms with Crippen LogP contribution in [0, 0.1) is 5.82 Å². The molecule has 1 atom stereocenters. The summed E-state index contributed by atoms with van der Waals surface area (Å²) in [5, 5.41) is 3.48. The van der Waals surface area contributed by atoms with Crippen molar-refractivity contribution < 1.29 is 4.39 Å². The van der Waals surface area contributed by atoms with Gasteiger partial charge in [-0.15, -0.1) is 0 Å². The molecule has 1 nitrogen and oxygen atoms in total. The van der Waals surface area contributed by atoms with Crippen molar-refractivity contribution in [1.29, 1.82) is 0 Å². The number of halogens is 2. The monoisotopic (exact) mass is 335 g/mol. The molecular formula is C17H19BrFN. The maximum absolute atomic E-state index is 13.4. The topological polar surface area (TPSA) is 12.0 Å². The Labute approximate surface area is 128 Å². The van der Waals surface area contributed by atoms with Gasteiger partial charge in [0.05, 0.1) is 0 Å². The molecule has 1 N–H and O–H groups in total. The molecule has 2 aromatic rings. The first-order valence-electron chi connectivity index (χ1n) is 6.89. The Morgan fingerprint density at radius 1 is 1.05 bits per heavy atom. The first-order chi connectivity index (χ1) is 9.67. The molecule has 20 heavy (non-hydrogen) atoms. The Kier molecular flexibility index (Phi) is 5.74. The predicted octanol–water partition coefficient (Wildman–Crippen LogP) is 4.35. The molecule has 0 aliphatic rings. The van der Waals surface area contributed by atoms with Crippen molar-refractivity contribution in [2.75, 3.05) is 6.54 Å². The molecule has 0 heterocycles. The van der Waals surface area contributed by atoms with Crippen molar-refractivity contribution in [3.05, 3.63) is 69.9 Å². The van der Waals surface area contributed by atoms with Gasteiger partial charge in [0.1, 0.15) is 5.82 Å². The summed E-state index contributed by atoms with van der Waals surface area (Å²) >= 11 is 3.35. The van der Waals surface area contributed by atoms with Crippen LogP contribution in [0.25, 0.3) is 0 Å². The first kappa shape index (κ1) is 15.2. The summed E-state index contributed by atoms with van der Waals surface area (Å²) in [4.78, 5) is 0. The highest BCUT2D eigenvalue weighted by molar-refractivity contribution is 9.10. The molecule has 0 radical (unpaired) electrons. The quantitative estimate of drug-likeness (QED) is 0.827. The Morgan fingerprint density at radius 2 is 1.75 bits per heavy atom. The molecule has 0 amide bonds. The van der Waals surface area contributed by atoms with Crippen LogP contribution in [-0.4, -0.2) is 12.6 Å². The van der Waals surface area contributed by atoms with Gasteiger partial charge in [-0.25, -0.2) is 4.39 Å². The normalized spacial score (nSPS) is 12.3. The van der Waals surface area contributed by atoms with E-state index in [0.29, 0.717) is 6.04 Å². The zero-order valence-electron chi connectivity index (χ0n) is 11.6. The number of rotatable bonds is 6. The number of likely N-dealkylation sites (N-methyl/N-ethyl adjacent to an activating group) is 1. The zero-order chi connectivity index (χ0) is 14.4. The predicted molar refractivity (Wildman–Crippen MR) is 85.4 cm³/mol. The lowest BCUT2D eigenvalue weighted by Crippen LogP contribution is -2.33. The Hall–Kier alpha value is -1.19. The van der Waals surface area contributed by atoms with E-state index in [1.54, 1.807) is 6.07 Å². The van der Waals surface area contributed by atoms with Gasteiger partial charge < -0.3 is 5.32 Å². The van der Waals surface area contributed by atoms with Gasteiger partial charge in [-0.1, -0.05) is 53.2 Å². The lowest BCUT2D eigenvalue weighted by molar-refractivity contribution is 0.519. The number of nitrogens with one attached hydrogen (secondary N) is 1. The number of hydrogen-bond acceptors (Lipinski definition) is 1. The highest BCUT2D eigenvalue weighted by Crippen LogP contribution is 2.17. The van der Waals surface area contributed by atoms with Gasteiger partial charge in [0.15, 0.2) is 0 Å². The molecule has 106 valence electrons. The van der Waals surface area contributed by atoms with Gasteiger partial charge in [-0.3, -0.25) is 0 Å². The van der Waals surface area contributed by atoms with Crippen molar-refractivity contribution in [1.82, 2.24) is 5.32 Å². The van der Waals surface area contributed by atoms with Crippen LogP contribution in [0.15, 0.2) is 53.0 Å². The summed E-state index contributed by atoms with van der Waals surface area (Å²) in [5.41, 5.74) is 2.31. The van der Waals surface area contributed by atoms with Gasteiger partial charge in [0, 0.05) is 10.5 Å². The van der Waals surface area contributed by atoms with E-state index in [9.17, 15) is 4.39 Å². The van der Waals surface area contributed by atoms with Crippen LogP contribution in [0.3, 0.4) is 0 Å². The average Bonchev–Trinajstić information content (AvgIpc) is 2.39. The Morgan fingerprint density at radius 3 is 2.40 bits per heavy atom. The van der Waals surface area contributed by atoms with E-state index >= 15 is 0 Å². The fourth-order valence-corrected chi connectivity index (χ4v) is 2.93. The van der Waals surface area contributed by atoms with Crippen LogP contribution in [0.4, 0.5) is 4.39 Å². The second kappa shape index (κ2) is 7.55. The van der Waals surface area contributed by atoms with Crippen molar-refractivity contribution in [2.45, 2.75) is 25.8 Å². The van der Waals surface area contributed by atoms with Crippen LogP contribution in [-0.2, 0) is 12.8 Å². The fourth-order valence-electron chi connectivity index (χ4n) is 2.42. The minimum absolute atomic E-state index is 0.190. The smallest absolute Gasteiger partial charge is 0.124 e. The minimum Gasteiger partial charge on any atom is -0.314 e. The molecule has 0 spiro atoms. The Bertz CT molecular complexity index is 522. The number of benzene rings is 2. The van der Waals surface area contributed by atoms with E-state index in [1.165, 1.54) is 11.6 Å². The third kappa shape index (κ3) is 4.73. The van der Waals surface area contributed by atoms with Crippen molar-refractivity contribution in [3.8, 4) is 0 Å². The van der Waals surface area contributed by atoms with E-state index in [2.05, 4.69) is 52.4 Å². The van der Waals surface area contributed by atoms with Crippen LogP contribution in [0.2, 0.25) is 0 Å². The van der Waals surface area contributed by atoms with Gasteiger partial charge in [-0.05, 0) is 48.7 Å². The standard InChI is InChI=1S/C17H19BrFN/c1-2-20-17(10-13-6-4-3-5-7-13)11-14-8-15(18)12-16(19)9-14/h3-9,12,17,20H,2,10-11H2,1H3. The van der Waals surface area contributed by atoms with E-state index in [1.807, 2.05) is 12.1 Å². The van der Waals surface area contributed by atoms with Crippen molar-refractivity contribution in [2.24, 2.45) is 0 Å². The summed E-state index contributed by atoms with van der Waals surface area (Å²) in [6.07, 6.45) is 1.77. The molecule has 2 aromatic carbocycles. The SMILES string of the molecule is CCNC(Cc1ccccc1)Cc1cc(F)cc(Br)c1. The van der Waals surface area contributed by atoms with Crippen molar-refractivity contribution >= 4 is 15.9 Å². The maximum atomic E-state index is 13.4. The van der Waals surface area contributed by atoms with E-state index in [-0.39, 0.29) is 5.82 Å². The second-order valence-electron chi connectivity index (χ2n) is 4.93. The second-order valence-corrected chi connectivity index (χ2v) is 5.84. The summed E-state index contributed by atoms with van der Waals surface area (Å²) in [7, 11) is 0. The molecular weight excluding hydrogens is 317 g/mol. The highest BCUT2D eigenvalue weighted by Gasteiger charge is 2.10. The van der Waals surface area contributed by atoms with Gasteiger partial charge in [0.2, 0.25) is 0 Å². The summed E-state index contributed by atoms with van der Waals surface area (Å²) in [5.74, 6) is -0.190. The van der Waals surface area contributed by atoms with Gasteiger partial charge >= 0.3 is 0 Å². The maximum Gasteiger partial charge on any atom is 0.124 e. The molecule has 1 unspecified atom stereocenters. The molecule has 3 heteroatoms.